The Labute approximate surface area is 143 Å². The monoisotopic (exact) mass is 349 g/mol. The van der Waals surface area contributed by atoms with Crippen molar-refractivity contribution in [2.75, 3.05) is 14.2 Å². The van der Waals surface area contributed by atoms with Gasteiger partial charge >= 0.3 is 0 Å². The van der Waals surface area contributed by atoms with Gasteiger partial charge in [0.1, 0.15) is 11.5 Å². The summed E-state index contributed by atoms with van der Waals surface area (Å²) in [6, 6.07) is 12.2. The fourth-order valence-electron chi connectivity index (χ4n) is 2.44. The third kappa shape index (κ3) is 4.07. The Morgan fingerprint density at radius 2 is 1.67 bits per heavy atom. The number of hydrogen-bond acceptors (Lipinski definition) is 4. The molecule has 1 N–H and O–H groups in total. The van der Waals surface area contributed by atoms with Gasteiger partial charge in [-0.05, 0) is 35.7 Å². The Kier molecular flexibility index (Phi) is 5.85. The highest BCUT2D eigenvalue weighted by Crippen LogP contribution is 2.29. The van der Waals surface area contributed by atoms with Crippen LogP contribution in [0.5, 0.6) is 11.5 Å². The second-order valence-electron chi connectivity index (χ2n) is 5.69. The summed E-state index contributed by atoms with van der Waals surface area (Å²) in [6.07, 6.45) is 0. The molecule has 0 fully saturated rings. The van der Waals surface area contributed by atoms with Crippen LogP contribution in [0.3, 0.4) is 0 Å². The Hall–Kier alpha value is -2.05. The molecular weight excluding hydrogens is 326 g/mol. The molecule has 0 bridgehead atoms. The van der Waals surface area contributed by atoms with Crippen LogP contribution in [0.4, 0.5) is 0 Å². The minimum absolute atomic E-state index is 0.157. The zero-order chi connectivity index (χ0) is 17.7. The topological polar surface area (TPSA) is 64.6 Å². The number of ether oxygens (including phenoxy) is 2. The van der Waals surface area contributed by atoms with Gasteiger partial charge in [0.05, 0.1) is 19.1 Å². The van der Waals surface area contributed by atoms with E-state index in [0.717, 1.165) is 11.1 Å². The van der Waals surface area contributed by atoms with Crippen LogP contribution in [0.1, 0.15) is 30.9 Å². The van der Waals surface area contributed by atoms with Gasteiger partial charge in [-0.15, -0.1) is 0 Å². The van der Waals surface area contributed by atoms with Gasteiger partial charge < -0.3 is 9.47 Å². The zero-order valence-electron chi connectivity index (χ0n) is 14.4. The highest BCUT2D eigenvalue weighted by Gasteiger charge is 2.18. The Morgan fingerprint density at radius 3 is 2.29 bits per heavy atom. The summed E-state index contributed by atoms with van der Waals surface area (Å²) in [7, 11) is -0.486. The molecule has 2 aromatic carbocycles. The van der Waals surface area contributed by atoms with Gasteiger partial charge in [0.25, 0.3) is 0 Å². The maximum Gasteiger partial charge on any atom is 0.240 e. The van der Waals surface area contributed by atoms with Crippen molar-refractivity contribution in [1.29, 1.82) is 0 Å². The largest absolute Gasteiger partial charge is 0.496 e. The van der Waals surface area contributed by atoms with Crippen molar-refractivity contribution in [2.45, 2.75) is 31.2 Å². The first-order chi connectivity index (χ1) is 11.4. The summed E-state index contributed by atoms with van der Waals surface area (Å²) in [5.74, 6) is 1.50. The molecule has 0 aliphatic carbocycles. The first-order valence-electron chi connectivity index (χ1n) is 7.68. The molecule has 0 aromatic heterocycles. The number of nitrogens with one attached hydrogen (secondary N) is 1. The molecule has 0 aliphatic heterocycles. The van der Waals surface area contributed by atoms with E-state index in [-0.39, 0.29) is 17.4 Å². The predicted octanol–water partition coefficient (Wildman–Crippen LogP) is 3.31. The standard InChI is InChI=1S/C18H23NO4S/c1-13(2)16-11-15(9-10-18(16)23-4)24(20,21)19-12-14-7-5-6-8-17(14)22-3/h5-11,13,19H,12H2,1-4H3. The molecular formula is C18H23NO4S. The number of hydrogen-bond donors (Lipinski definition) is 1. The van der Waals surface area contributed by atoms with E-state index in [0.29, 0.717) is 11.5 Å². The van der Waals surface area contributed by atoms with E-state index in [1.165, 1.54) is 0 Å². The Morgan fingerprint density at radius 1 is 1.00 bits per heavy atom. The molecule has 0 spiro atoms. The van der Waals surface area contributed by atoms with Crippen LogP contribution in [0.25, 0.3) is 0 Å². The van der Waals surface area contributed by atoms with Gasteiger partial charge in [-0.25, -0.2) is 13.1 Å². The molecule has 24 heavy (non-hydrogen) atoms. The third-order valence-electron chi connectivity index (χ3n) is 3.78. The molecule has 0 saturated heterocycles. The molecule has 5 nitrogen and oxygen atoms in total. The zero-order valence-corrected chi connectivity index (χ0v) is 15.2. The van der Waals surface area contributed by atoms with Crippen molar-refractivity contribution >= 4 is 10.0 Å². The van der Waals surface area contributed by atoms with E-state index in [1.807, 2.05) is 32.0 Å². The van der Waals surface area contributed by atoms with Crippen LogP contribution >= 0.6 is 0 Å². The van der Waals surface area contributed by atoms with Crippen molar-refractivity contribution in [2.24, 2.45) is 0 Å². The number of para-hydroxylation sites is 1. The Balaban J connectivity index is 2.26. The normalized spacial score (nSPS) is 11.5. The summed E-state index contributed by atoms with van der Waals surface area (Å²) < 4.78 is 38.3. The van der Waals surface area contributed by atoms with Crippen LogP contribution in [0.15, 0.2) is 47.4 Å². The third-order valence-corrected chi connectivity index (χ3v) is 5.18. The molecule has 0 saturated carbocycles. The lowest BCUT2D eigenvalue weighted by atomic mass is 10.0. The smallest absolute Gasteiger partial charge is 0.240 e. The van der Waals surface area contributed by atoms with Crippen molar-refractivity contribution in [3.63, 3.8) is 0 Å². The van der Waals surface area contributed by atoms with E-state index in [4.69, 9.17) is 9.47 Å². The van der Waals surface area contributed by atoms with E-state index in [2.05, 4.69) is 4.72 Å². The van der Waals surface area contributed by atoms with Crippen LogP contribution in [-0.2, 0) is 16.6 Å². The lowest BCUT2D eigenvalue weighted by Gasteiger charge is -2.14. The first kappa shape index (κ1) is 18.3. The molecule has 0 unspecified atom stereocenters. The number of methoxy groups -OCH3 is 2. The van der Waals surface area contributed by atoms with Gasteiger partial charge in [0.2, 0.25) is 10.0 Å². The SMILES string of the molecule is COc1ccccc1CNS(=O)(=O)c1ccc(OC)c(C(C)C)c1. The van der Waals surface area contributed by atoms with Gasteiger partial charge in [-0.2, -0.15) is 0 Å². The van der Waals surface area contributed by atoms with E-state index < -0.39 is 10.0 Å². The van der Waals surface area contributed by atoms with Gasteiger partial charge in [-0.1, -0.05) is 32.0 Å². The van der Waals surface area contributed by atoms with Gasteiger partial charge in [-0.3, -0.25) is 0 Å². The maximum atomic E-state index is 12.6. The van der Waals surface area contributed by atoms with Crippen LogP contribution in [0, 0.1) is 0 Å². The van der Waals surface area contributed by atoms with E-state index >= 15 is 0 Å². The molecule has 0 aliphatic rings. The minimum atomic E-state index is -3.63. The fourth-order valence-corrected chi connectivity index (χ4v) is 3.48. The van der Waals surface area contributed by atoms with E-state index in [9.17, 15) is 8.42 Å². The molecule has 2 aromatic rings. The number of sulfonamides is 1. The van der Waals surface area contributed by atoms with Crippen molar-refractivity contribution in [3.8, 4) is 11.5 Å². The maximum absolute atomic E-state index is 12.6. The summed E-state index contributed by atoms with van der Waals surface area (Å²) in [5, 5.41) is 0. The van der Waals surface area contributed by atoms with Crippen molar-refractivity contribution < 1.29 is 17.9 Å². The summed E-state index contributed by atoms with van der Waals surface area (Å²) in [4.78, 5) is 0.224. The molecule has 0 amide bonds. The quantitative estimate of drug-likeness (QED) is 0.833. The second-order valence-corrected chi connectivity index (χ2v) is 7.46. The van der Waals surface area contributed by atoms with Gasteiger partial charge in [0.15, 0.2) is 0 Å². The lowest BCUT2D eigenvalue weighted by Crippen LogP contribution is -2.23. The Bertz CT molecular complexity index is 800. The molecule has 0 atom stereocenters. The van der Waals surface area contributed by atoms with Crippen molar-refractivity contribution in [1.82, 2.24) is 4.72 Å². The summed E-state index contributed by atoms with van der Waals surface area (Å²) in [5.41, 5.74) is 1.64. The first-order valence-corrected chi connectivity index (χ1v) is 9.17. The van der Waals surface area contributed by atoms with Crippen LogP contribution in [-0.4, -0.2) is 22.6 Å². The van der Waals surface area contributed by atoms with Crippen LogP contribution < -0.4 is 14.2 Å². The molecule has 130 valence electrons. The van der Waals surface area contributed by atoms with Gasteiger partial charge in [0, 0.05) is 12.1 Å². The fraction of sp³-hybridized carbons (Fsp3) is 0.333. The summed E-state index contributed by atoms with van der Waals surface area (Å²) in [6.45, 7) is 4.16. The molecule has 0 radical (unpaired) electrons. The van der Waals surface area contributed by atoms with Crippen LogP contribution in [0.2, 0.25) is 0 Å². The number of rotatable bonds is 7. The van der Waals surface area contributed by atoms with Crippen molar-refractivity contribution in [3.05, 3.63) is 53.6 Å². The highest BCUT2D eigenvalue weighted by molar-refractivity contribution is 7.89. The molecule has 0 heterocycles. The lowest BCUT2D eigenvalue weighted by molar-refractivity contribution is 0.407. The highest BCUT2D eigenvalue weighted by atomic mass is 32.2. The molecule has 2 rings (SSSR count). The average molecular weight is 349 g/mol. The minimum Gasteiger partial charge on any atom is -0.496 e. The predicted molar refractivity (Wildman–Crippen MR) is 94.1 cm³/mol. The number of benzene rings is 2. The summed E-state index contributed by atoms with van der Waals surface area (Å²) >= 11 is 0. The molecule has 6 heteroatoms. The van der Waals surface area contributed by atoms with E-state index in [1.54, 1.807) is 38.5 Å². The second kappa shape index (κ2) is 7.68. The average Bonchev–Trinajstić information content (AvgIpc) is 2.59.